The van der Waals surface area contributed by atoms with Crippen molar-refractivity contribution in [3.05, 3.63) is 0 Å². The Morgan fingerprint density at radius 1 is 1.14 bits per heavy atom. The lowest BCUT2D eigenvalue weighted by molar-refractivity contribution is -0.141. The van der Waals surface area contributed by atoms with Crippen LogP contribution in [0.3, 0.4) is 0 Å². The van der Waals surface area contributed by atoms with Crippen molar-refractivity contribution in [3.63, 3.8) is 0 Å². The molecule has 0 bridgehead atoms. The third kappa shape index (κ3) is 4.64. The quantitative estimate of drug-likeness (QED) is 0.682. The summed E-state index contributed by atoms with van der Waals surface area (Å²) in [5.74, 6) is 1.07. The van der Waals surface area contributed by atoms with E-state index in [9.17, 15) is 9.36 Å². The molecule has 5 heteroatoms. The lowest BCUT2D eigenvalue weighted by Gasteiger charge is -2.41. The smallest absolute Gasteiger partial charge is 0.308 e. The summed E-state index contributed by atoms with van der Waals surface area (Å²) < 4.78 is 23.6. The van der Waals surface area contributed by atoms with Crippen LogP contribution in [0.15, 0.2) is 0 Å². The van der Waals surface area contributed by atoms with Gasteiger partial charge in [0, 0.05) is 12.6 Å². The summed E-state index contributed by atoms with van der Waals surface area (Å²) in [6.45, 7) is 14.2. The van der Waals surface area contributed by atoms with Gasteiger partial charge in [-0.15, -0.1) is 0 Å². The Labute approximate surface area is 129 Å². The normalized spacial score (nSPS) is 38.0. The Morgan fingerprint density at radius 2 is 1.71 bits per heavy atom. The maximum absolute atomic E-state index is 12.5. The van der Waals surface area contributed by atoms with Gasteiger partial charge in [0.2, 0.25) is 0 Å². The molecule has 0 saturated heterocycles. The van der Waals surface area contributed by atoms with Gasteiger partial charge in [0.15, 0.2) is 5.78 Å². The molecule has 1 fully saturated rings. The fourth-order valence-electron chi connectivity index (χ4n) is 2.75. The molecule has 1 aliphatic rings. The first-order chi connectivity index (χ1) is 9.60. The standard InChI is InChI=1S/C16H31O4P/c1-8-10(2)9-19-21(7,18)20-16-14(6)12(4)11(3)13(5)15(16)17/h10-14,16H,8-9H2,1-7H3/t10-,11?,12?,13?,14?,16?,21?/m0/s1. The lowest BCUT2D eigenvalue weighted by atomic mass is 9.67. The van der Waals surface area contributed by atoms with E-state index in [1.807, 2.05) is 20.8 Å². The molecule has 0 spiro atoms. The average Bonchev–Trinajstić information content (AvgIpc) is 2.45. The molecule has 7 atom stereocenters. The van der Waals surface area contributed by atoms with Gasteiger partial charge in [0.1, 0.15) is 6.10 Å². The van der Waals surface area contributed by atoms with Gasteiger partial charge in [-0.3, -0.25) is 13.9 Å². The second-order valence-corrected chi connectivity index (χ2v) is 8.89. The number of hydrogen-bond acceptors (Lipinski definition) is 4. The van der Waals surface area contributed by atoms with Crippen LogP contribution in [-0.4, -0.2) is 25.2 Å². The summed E-state index contributed by atoms with van der Waals surface area (Å²) in [7, 11) is -3.20. The summed E-state index contributed by atoms with van der Waals surface area (Å²) in [4.78, 5) is 12.5. The molecule has 0 radical (unpaired) electrons. The van der Waals surface area contributed by atoms with Crippen molar-refractivity contribution in [2.24, 2.45) is 29.6 Å². The van der Waals surface area contributed by atoms with Crippen LogP contribution >= 0.6 is 7.60 Å². The number of Topliss-reactive ketones (excluding diaryl/α,β-unsaturated/α-hetero) is 1. The highest BCUT2D eigenvalue weighted by Gasteiger charge is 2.45. The zero-order valence-electron chi connectivity index (χ0n) is 14.5. The maximum atomic E-state index is 12.5. The van der Waals surface area contributed by atoms with Crippen molar-refractivity contribution in [2.45, 2.75) is 54.1 Å². The zero-order chi connectivity index (χ0) is 16.4. The van der Waals surface area contributed by atoms with Gasteiger partial charge in [-0.25, -0.2) is 0 Å². The number of carbonyl (C=O) groups is 1. The first-order valence-electron chi connectivity index (χ1n) is 8.04. The van der Waals surface area contributed by atoms with Crippen molar-refractivity contribution in [2.75, 3.05) is 13.3 Å². The van der Waals surface area contributed by atoms with E-state index in [1.54, 1.807) is 0 Å². The van der Waals surface area contributed by atoms with E-state index in [0.29, 0.717) is 24.4 Å². The molecular weight excluding hydrogens is 287 g/mol. The van der Waals surface area contributed by atoms with Gasteiger partial charge < -0.3 is 4.52 Å². The summed E-state index contributed by atoms with van der Waals surface area (Å²) >= 11 is 0. The summed E-state index contributed by atoms with van der Waals surface area (Å²) in [6.07, 6.45) is 0.351. The third-order valence-corrected chi connectivity index (χ3v) is 6.48. The number of hydrogen-bond donors (Lipinski definition) is 0. The minimum absolute atomic E-state index is 0.0577. The van der Waals surface area contributed by atoms with Crippen LogP contribution < -0.4 is 0 Å². The van der Waals surface area contributed by atoms with Crippen molar-refractivity contribution in [1.29, 1.82) is 0 Å². The van der Waals surface area contributed by atoms with Crippen LogP contribution in [0.25, 0.3) is 0 Å². The van der Waals surface area contributed by atoms with E-state index in [4.69, 9.17) is 9.05 Å². The highest BCUT2D eigenvalue weighted by molar-refractivity contribution is 7.53. The number of ketones is 1. The van der Waals surface area contributed by atoms with E-state index in [-0.39, 0.29) is 17.6 Å². The lowest BCUT2D eigenvalue weighted by Crippen LogP contribution is -2.47. The predicted molar refractivity (Wildman–Crippen MR) is 85.5 cm³/mol. The maximum Gasteiger partial charge on any atom is 0.328 e. The monoisotopic (exact) mass is 318 g/mol. The van der Waals surface area contributed by atoms with E-state index in [1.165, 1.54) is 6.66 Å². The average molecular weight is 318 g/mol. The Kier molecular flexibility index (Phi) is 6.64. The fraction of sp³-hybridized carbons (Fsp3) is 0.938. The van der Waals surface area contributed by atoms with Gasteiger partial charge >= 0.3 is 7.60 Å². The summed E-state index contributed by atoms with van der Waals surface area (Å²) in [5, 5.41) is 0. The second-order valence-electron chi connectivity index (χ2n) is 6.87. The van der Waals surface area contributed by atoms with E-state index in [0.717, 1.165) is 6.42 Å². The summed E-state index contributed by atoms with van der Waals surface area (Å²) in [6, 6.07) is 0. The van der Waals surface area contributed by atoms with Gasteiger partial charge in [-0.2, -0.15) is 0 Å². The zero-order valence-corrected chi connectivity index (χ0v) is 15.4. The van der Waals surface area contributed by atoms with Gasteiger partial charge in [0.05, 0.1) is 6.61 Å². The van der Waals surface area contributed by atoms with Crippen LogP contribution in [0.5, 0.6) is 0 Å². The molecule has 0 aliphatic heterocycles. The second kappa shape index (κ2) is 7.39. The van der Waals surface area contributed by atoms with Crippen LogP contribution in [0, 0.1) is 29.6 Å². The number of carbonyl (C=O) groups excluding carboxylic acids is 1. The Morgan fingerprint density at radius 3 is 2.24 bits per heavy atom. The molecule has 0 N–H and O–H groups in total. The molecule has 1 saturated carbocycles. The van der Waals surface area contributed by atoms with Crippen LogP contribution in [-0.2, 0) is 18.4 Å². The van der Waals surface area contributed by atoms with Crippen molar-refractivity contribution < 1.29 is 18.4 Å². The van der Waals surface area contributed by atoms with E-state index in [2.05, 4.69) is 20.8 Å². The molecular formula is C16H31O4P. The Hall–Kier alpha value is -0.180. The SMILES string of the molecule is CC[C@H](C)COP(C)(=O)OC1C(=O)C(C)C(C)C(C)C1C. The van der Waals surface area contributed by atoms with Crippen molar-refractivity contribution in [3.8, 4) is 0 Å². The predicted octanol–water partition coefficient (Wildman–Crippen LogP) is 4.38. The molecule has 124 valence electrons. The first-order valence-corrected chi connectivity index (χ1v) is 10.0. The molecule has 1 rings (SSSR count). The molecule has 0 aromatic carbocycles. The summed E-state index contributed by atoms with van der Waals surface area (Å²) in [5.41, 5.74) is 0. The van der Waals surface area contributed by atoms with Crippen molar-refractivity contribution >= 4 is 13.4 Å². The van der Waals surface area contributed by atoms with Crippen LogP contribution in [0.2, 0.25) is 0 Å². The van der Waals surface area contributed by atoms with Gasteiger partial charge in [-0.05, 0) is 23.7 Å². The van der Waals surface area contributed by atoms with E-state index < -0.39 is 13.7 Å². The molecule has 21 heavy (non-hydrogen) atoms. The van der Waals surface area contributed by atoms with Gasteiger partial charge in [-0.1, -0.05) is 48.0 Å². The van der Waals surface area contributed by atoms with Crippen molar-refractivity contribution in [1.82, 2.24) is 0 Å². The first kappa shape index (κ1) is 18.9. The highest BCUT2D eigenvalue weighted by atomic mass is 31.2. The molecule has 0 amide bonds. The Bertz CT molecular complexity index is 409. The van der Waals surface area contributed by atoms with Crippen LogP contribution in [0.1, 0.15) is 48.0 Å². The minimum atomic E-state index is -3.20. The molecule has 6 unspecified atom stereocenters. The topological polar surface area (TPSA) is 52.6 Å². The largest absolute Gasteiger partial charge is 0.328 e. The Balaban J connectivity index is 2.75. The molecule has 0 aromatic rings. The molecule has 4 nitrogen and oxygen atoms in total. The van der Waals surface area contributed by atoms with Crippen LogP contribution in [0.4, 0.5) is 0 Å². The fourth-order valence-corrected chi connectivity index (χ4v) is 4.05. The third-order valence-electron chi connectivity index (χ3n) is 5.25. The number of rotatable bonds is 6. The van der Waals surface area contributed by atoms with E-state index >= 15 is 0 Å². The minimum Gasteiger partial charge on any atom is -0.308 e. The molecule has 0 heterocycles. The molecule has 1 aliphatic carbocycles. The van der Waals surface area contributed by atoms with Gasteiger partial charge in [0.25, 0.3) is 0 Å². The highest BCUT2D eigenvalue weighted by Crippen LogP contribution is 2.50. The molecule has 0 aromatic heterocycles.